The predicted octanol–water partition coefficient (Wildman–Crippen LogP) is 3.38. The lowest BCUT2D eigenvalue weighted by atomic mass is 9.91. The minimum atomic E-state index is 0.0231. The highest BCUT2D eigenvalue weighted by Gasteiger charge is 2.16. The molecule has 0 aliphatic rings. The van der Waals surface area contributed by atoms with Crippen LogP contribution in [0.1, 0.15) is 31.2 Å². The second-order valence-electron chi connectivity index (χ2n) is 3.28. The molecule has 0 N–H and O–H groups in total. The topological polar surface area (TPSA) is 17.1 Å². The van der Waals surface area contributed by atoms with E-state index in [2.05, 4.69) is 0 Å². The molecule has 76 valence electrons. The average molecular weight is 211 g/mol. The van der Waals surface area contributed by atoms with Gasteiger partial charge in [-0.05, 0) is 12.0 Å². The molecule has 0 saturated heterocycles. The minimum Gasteiger partial charge on any atom is -0.299 e. The number of rotatable bonds is 5. The number of hydrogen-bond acceptors (Lipinski definition) is 1. The van der Waals surface area contributed by atoms with Crippen molar-refractivity contribution < 1.29 is 4.79 Å². The van der Waals surface area contributed by atoms with E-state index in [1.165, 1.54) is 0 Å². The lowest BCUT2D eigenvalue weighted by Gasteiger charge is -2.12. The van der Waals surface area contributed by atoms with Crippen molar-refractivity contribution in [3.8, 4) is 0 Å². The molecule has 1 aromatic carbocycles. The molecule has 14 heavy (non-hydrogen) atoms. The average Bonchev–Trinajstić information content (AvgIpc) is 2.21. The molecule has 0 bridgehead atoms. The van der Waals surface area contributed by atoms with E-state index in [4.69, 9.17) is 11.6 Å². The lowest BCUT2D eigenvalue weighted by Crippen LogP contribution is -2.11. The van der Waals surface area contributed by atoms with Gasteiger partial charge in [-0.25, -0.2) is 0 Å². The van der Waals surface area contributed by atoms with Gasteiger partial charge < -0.3 is 0 Å². The molecule has 1 rings (SSSR count). The normalized spacial score (nSPS) is 12.4. The van der Waals surface area contributed by atoms with Gasteiger partial charge >= 0.3 is 0 Å². The van der Waals surface area contributed by atoms with Gasteiger partial charge in [0.15, 0.2) is 0 Å². The molecule has 0 amide bonds. The van der Waals surface area contributed by atoms with Crippen LogP contribution in [0.3, 0.4) is 0 Å². The Morgan fingerprint density at radius 1 is 1.36 bits per heavy atom. The molecule has 0 radical (unpaired) electrons. The number of ketones is 1. The highest BCUT2D eigenvalue weighted by atomic mass is 35.5. The fourth-order valence-electron chi connectivity index (χ4n) is 1.60. The molecule has 0 aliphatic heterocycles. The third-order valence-electron chi connectivity index (χ3n) is 2.34. The van der Waals surface area contributed by atoms with Crippen LogP contribution in [0, 0.1) is 0 Å². The first kappa shape index (κ1) is 11.3. The minimum absolute atomic E-state index is 0.0231. The maximum absolute atomic E-state index is 11.7. The van der Waals surface area contributed by atoms with E-state index in [0.717, 1.165) is 12.0 Å². The molecule has 0 saturated carbocycles. The summed E-state index contributed by atoms with van der Waals surface area (Å²) in [5.74, 6) is 0.686. The maximum Gasteiger partial charge on any atom is 0.141 e. The van der Waals surface area contributed by atoms with Crippen LogP contribution in [-0.4, -0.2) is 11.7 Å². The third kappa shape index (κ3) is 2.85. The van der Waals surface area contributed by atoms with E-state index >= 15 is 0 Å². The highest BCUT2D eigenvalue weighted by molar-refractivity contribution is 6.19. The van der Waals surface area contributed by atoms with Gasteiger partial charge in [0.25, 0.3) is 0 Å². The smallest absolute Gasteiger partial charge is 0.141 e. The summed E-state index contributed by atoms with van der Waals surface area (Å²) in [5.41, 5.74) is 1.10. The summed E-state index contributed by atoms with van der Waals surface area (Å²) in [7, 11) is 0. The van der Waals surface area contributed by atoms with Gasteiger partial charge in [0.2, 0.25) is 0 Å². The fourth-order valence-corrected chi connectivity index (χ4v) is 1.79. The van der Waals surface area contributed by atoms with E-state index in [9.17, 15) is 4.79 Å². The van der Waals surface area contributed by atoms with Crippen molar-refractivity contribution in [1.82, 2.24) is 0 Å². The van der Waals surface area contributed by atoms with E-state index in [0.29, 0.717) is 12.3 Å². The first-order valence-corrected chi connectivity index (χ1v) is 5.46. The Hall–Kier alpha value is -0.820. The Morgan fingerprint density at radius 2 is 2.00 bits per heavy atom. The van der Waals surface area contributed by atoms with Crippen LogP contribution < -0.4 is 0 Å². The van der Waals surface area contributed by atoms with Crippen molar-refractivity contribution in [3.63, 3.8) is 0 Å². The Bertz CT molecular complexity index is 282. The van der Waals surface area contributed by atoms with Gasteiger partial charge in [-0.3, -0.25) is 4.79 Å². The zero-order valence-electron chi connectivity index (χ0n) is 8.37. The van der Waals surface area contributed by atoms with Gasteiger partial charge in [0.05, 0.1) is 0 Å². The molecule has 0 aromatic heterocycles. The molecule has 0 aliphatic carbocycles. The Balaban J connectivity index is 2.77. The zero-order chi connectivity index (χ0) is 10.4. The summed E-state index contributed by atoms with van der Waals surface area (Å²) in [4.78, 5) is 11.7. The summed E-state index contributed by atoms with van der Waals surface area (Å²) in [6.07, 6.45) is 1.31. The number of halogens is 1. The van der Waals surface area contributed by atoms with Crippen LogP contribution in [0.4, 0.5) is 0 Å². The van der Waals surface area contributed by atoms with E-state index in [-0.39, 0.29) is 11.7 Å². The summed E-state index contributed by atoms with van der Waals surface area (Å²) < 4.78 is 0. The first-order valence-electron chi connectivity index (χ1n) is 4.93. The van der Waals surface area contributed by atoms with Crippen LogP contribution in [0.5, 0.6) is 0 Å². The van der Waals surface area contributed by atoms with Crippen molar-refractivity contribution in [2.24, 2.45) is 0 Å². The quantitative estimate of drug-likeness (QED) is 0.681. The van der Waals surface area contributed by atoms with E-state index < -0.39 is 0 Å². The molecule has 2 heteroatoms. The van der Waals surface area contributed by atoms with Crippen molar-refractivity contribution in [2.75, 3.05) is 5.88 Å². The van der Waals surface area contributed by atoms with Crippen LogP contribution in [0.25, 0.3) is 0 Å². The number of hydrogen-bond donors (Lipinski definition) is 0. The molecule has 0 heterocycles. The monoisotopic (exact) mass is 210 g/mol. The molecule has 0 spiro atoms. The second kappa shape index (κ2) is 5.82. The number of benzene rings is 1. The van der Waals surface area contributed by atoms with Gasteiger partial charge in [-0.15, -0.1) is 11.6 Å². The van der Waals surface area contributed by atoms with Crippen LogP contribution in [-0.2, 0) is 4.79 Å². The highest BCUT2D eigenvalue weighted by Crippen LogP contribution is 2.21. The summed E-state index contributed by atoms with van der Waals surface area (Å²) in [5, 5.41) is 0. The van der Waals surface area contributed by atoms with Crippen LogP contribution in [0.15, 0.2) is 30.3 Å². The van der Waals surface area contributed by atoms with Crippen LogP contribution in [0.2, 0.25) is 0 Å². The first-order chi connectivity index (χ1) is 6.79. The molecule has 1 nitrogen and oxygen atoms in total. The number of carbonyl (C=O) groups excluding carboxylic acids is 1. The van der Waals surface area contributed by atoms with Crippen molar-refractivity contribution in [1.29, 1.82) is 0 Å². The second-order valence-corrected chi connectivity index (χ2v) is 3.65. The number of Topliss-reactive ketones (excluding diaryl/α,β-unsaturated/α-hetero) is 1. The zero-order valence-corrected chi connectivity index (χ0v) is 9.13. The maximum atomic E-state index is 11.7. The molecule has 1 aromatic rings. The largest absolute Gasteiger partial charge is 0.299 e. The molecular formula is C12H15ClO. The van der Waals surface area contributed by atoms with Gasteiger partial charge in [-0.1, -0.05) is 37.3 Å². The predicted molar refractivity (Wildman–Crippen MR) is 59.8 cm³/mol. The van der Waals surface area contributed by atoms with Crippen molar-refractivity contribution in [2.45, 2.75) is 25.7 Å². The van der Waals surface area contributed by atoms with Crippen LogP contribution >= 0.6 is 11.6 Å². The molecule has 0 fully saturated rings. The van der Waals surface area contributed by atoms with Gasteiger partial charge in [0.1, 0.15) is 5.78 Å². The Morgan fingerprint density at radius 3 is 2.50 bits per heavy atom. The van der Waals surface area contributed by atoms with Crippen molar-refractivity contribution >= 4 is 17.4 Å². The summed E-state index contributed by atoms with van der Waals surface area (Å²) in [6, 6.07) is 9.89. The van der Waals surface area contributed by atoms with Gasteiger partial charge in [0, 0.05) is 18.2 Å². The SMILES string of the molecule is CCC(C(=O)CCCl)c1ccccc1. The van der Waals surface area contributed by atoms with E-state index in [1.54, 1.807) is 0 Å². The Labute approximate surface area is 90.1 Å². The molecule has 1 unspecified atom stereocenters. The van der Waals surface area contributed by atoms with Crippen molar-refractivity contribution in [3.05, 3.63) is 35.9 Å². The number of alkyl halides is 1. The van der Waals surface area contributed by atoms with E-state index in [1.807, 2.05) is 37.3 Å². The molecular weight excluding hydrogens is 196 g/mol. The van der Waals surface area contributed by atoms with Gasteiger partial charge in [-0.2, -0.15) is 0 Å². The lowest BCUT2D eigenvalue weighted by molar-refractivity contribution is -0.120. The number of carbonyl (C=O) groups is 1. The molecule has 1 atom stereocenters. The summed E-state index contributed by atoms with van der Waals surface area (Å²) in [6.45, 7) is 2.03. The fraction of sp³-hybridized carbons (Fsp3) is 0.417. The Kier molecular flexibility index (Phi) is 4.68. The third-order valence-corrected chi connectivity index (χ3v) is 2.53. The summed E-state index contributed by atoms with van der Waals surface area (Å²) >= 11 is 5.56. The standard InChI is InChI=1S/C12H15ClO/c1-2-11(12(14)8-9-13)10-6-4-3-5-7-10/h3-7,11H,2,8-9H2,1H3.